The molecule has 0 unspecified atom stereocenters. The molecule has 1 aliphatic rings. The van der Waals surface area contributed by atoms with Gasteiger partial charge in [0.1, 0.15) is 30.4 Å². The summed E-state index contributed by atoms with van der Waals surface area (Å²) in [6, 6.07) is 20.5. The van der Waals surface area contributed by atoms with E-state index in [-0.39, 0.29) is 28.8 Å². The summed E-state index contributed by atoms with van der Waals surface area (Å²) in [5, 5.41) is 0. The van der Waals surface area contributed by atoms with Crippen molar-refractivity contribution in [1.82, 2.24) is 4.57 Å². The zero-order chi connectivity index (χ0) is 22.6. The number of benzene rings is 2. The molecule has 1 aromatic heterocycles. The van der Waals surface area contributed by atoms with Gasteiger partial charge < -0.3 is 27.5 Å². The SMILES string of the molecule is CCOCCn1cc[n+]([C@H]2CC[C@@H](C(C(N)=O)(c3ccccc3)c3ccccc3)C2)c1C.[Br-]. The smallest absolute Gasteiger partial charge is 0.253 e. The van der Waals surface area contributed by atoms with Crippen LogP contribution in [0.25, 0.3) is 0 Å². The predicted molar refractivity (Wildman–Crippen MR) is 125 cm³/mol. The topological polar surface area (TPSA) is 61.1 Å². The number of aromatic nitrogens is 2. The summed E-state index contributed by atoms with van der Waals surface area (Å²) in [4.78, 5) is 13.3. The maximum absolute atomic E-state index is 13.3. The van der Waals surface area contributed by atoms with E-state index in [0.29, 0.717) is 12.6 Å². The Labute approximate surface area is 207 Å². The number of rotatable bonds is 9. The fourth-order valence-corrected chi connectivity index (χ4v) is 5.58. The zero-order valence-corrected chi connectivity index (χ0v) is 21.1. The molecule has 176 valence electrons. The van der Waals surface area contributed by atoms with Gasteiger partial charge in [0.2, 0.25) is 5.91 Å². The predicted octanol–water partition coefficient (Wildman–Crippen LogP) is 0.937. The molecule has 6 heteroatoms. The molecule has 0 saturated heterocycles. The lowest BCUT2D eigenvalue weighted by Gasteiger charge is -2.37. The lowest BCUT2D eigenvalue weighted by molar-refractivity contribution is -0.727. The molecule has 2 atom stereocenters. The molecule has 1 amide bonds. The van der Waals surface area contributed by atoms with E-state index in [9.17, 15) is 4.79 Å². The van der Waals surface area contributed by atoms with Gasteiger partial charge in [0.05, 0.1) is 6.61 Å². The van der Waals surface area contributed by atoms with Crippen molar-refractivity contribution >= 4 is 5.91 Å². The molecule has 1 fully saturated rings. The molecule has 0 radical (unpaired) electrons. The minimum absolute atomic E-state index is 0. The monoisotopic (exact) mass is 511 g/mol. The lowest BCUT2D eigenvalue weighted by Crippen LogP contribution is -3.00. The van der Waals surface area contributed by atoms with E-state index in [1.807, 2.05) is 67.6 Å². The number of halogens is 1. The van der Waals surface area contributed by atoms with Crippen LogP contribution in [0.2, 0.25) is 0 Å². The Kier molecular flexibility index (Phi) is 8.49. The molecule has 1 saturated carbocycles. The van der Waals surface area contributed by atoms with Crippen LogP contribution in [0.4, 0.5) is 0 Å². The van der Waals surface area contributed by atoms with Crippen LogP contribution in [0, 0.1) is 12.8 Å². The number of carbonyl (C=O) groups is 1. The Bertz CT molecular complexity index is 997. The van der Waals surface area contributed by atoms with Gasteiger partial charge in [0.15, 0.2) is 0 Å². The molecule has 5 nitrogen and oxygen atoms in total. The number of imidazole rings is 1. The summed E-state index contributed by atoms with van der Waals surface area (Å²) < 4.78 is 10.1. The molecular weight excluding hydrogens is 478 g/mol. The van der Waals surface area contributed by atoms with E-state index in [2.05, 4.69) is 28.5 Å². The van der Waals surface area contributed by atoms with Crippen LogP contribution in [0.1, 0.15) is 49.2 Å². The Morgan fingerprint density at radius 1 is 1.09 bits per heavy atom. The van der Waals surface area contributed by atoms with E-state index in [1.54, 1.807) is 0 Å². The first-order chi connectivity index (χ1) is 15.6. The van der Waals surface area contributed by atoms with E-state index < -0.39 is 5.41 Å². The lowest BCUT2D eigenvalue weighted by atomic mass is 9.64. The van der Waals surface area contributed by atoms with Crippen LogP contribution < -0.4 is 27.3 Å². The number of carbonyl (C=O) groups excluding carboxylic acids is 1. The molecule has 1 aliphatic carbocycles. The average Bonchev–Trinajstić information content (AvgIpc) is 3.43. The van der Waals surface area contributed by atoms with Crippen molar-refractivity contribution in [3.63, 3.8) is 0 Å². The molecule has 0 spiro atoms. The highest BCUT2D eigenvalue weighted by molar-refractivity contribution is 5.91. The number of ether oxygens (including phenoxy) is 1. The van der Waals surface area contributed by atoms with E-state index in [1.165, 1.54) is 5.82 Å². The second kappa shape index (κ2) is 11.1. The van der Waals surface area contributed by atoms with Crippen molar-refractivity contribution in [3.05, 3.63) is 90.0 Å². The minimum Gasteiger partial charge on any atom is -1.00 e. The maximum atomic E-state index is 13.3. The largest absolute Gasteiger partial charge is 1.00 e. The highest BCUT2D eigenvalue weighted by Crippen LogP contribution is 2.48. The van der Waals surface area contributed by atoms with Gasteiger partial charge in [-0.3, -0.25) is 4.79 Å². The van der Waals surface area contributed by atoms with Crippen LogP contribution in [-0.4, -0.2) is 23.7 Å². The van der Waals surface area contributed by atoms with Gasteiger partial charge in [-0.1, -0.05) is 60.7 Å². The van der Waals surface area contributed by atoms with Gasteiger partial charge in [-0.05, 0) is 43.2 Å². The number of primary amides is 1. The Morgan fingerprint density at radius 3 is 2.24 bits per heavy atom. The van der Waals surface area contributed by atoms with Gasteiger partial charge in [0.25, 0.3) is 5.82 Å². The van der Waals surface area contributed by atoms with E-state index in [4.69, 9.17) is 10.5 Å². The molecule has 0 bridgehead atoms. The summed E-state index contributed by atoms with van der Waals surface area (Å²) in [7, 11) is 0. The highest BCUT2D eigenvalue weighted by atomic mass is 79.9. The molecule has 0 aliphatic heterocycles. The number of hydrogen-bond acceptors (Lipinski definition) is 2. The molecule has 3 aromatic rings. The second-order valence-electron chi connectivity index (χ2n) is 8.71. The number of nitrogens with zero attached hydrogens (tertiary/aromatic N) is 2. The first kappa shape index (κ1) is 25.2. The van der Waals surface area contributed by atoms with Crippen LogP contribution in [0.3, 0.4) is 0 Å². The standard InChI is InChI=1S/C27H33N3O2.BrH/c1-3-32-19-18-29-16-17-30(21(29)2)25-15-14-24(20-25)27(26(28)31,22-10-6-4-7-11-22)23-12-8-5-9-13-23;/h4-13,16-17,24-25H,3,14-15,18-20H2,1-2H3,(H-,28,31);1H/t24-,25+;/m1./s1. The molecule has 4 rings (SSSR count). The quantitative estimate of drug-likeness (QED) is 0.343. The summed E-state index contributed by atoms with van der Waals surface area (Å²) in [6.45, 7) is 6.48. The normalized spacial score (nSPS) is 18.1. The number of nitrogens with two attached hydrogens (primary N) is 1. The first-order valence-electron chi connectivity index (χ1n) is 11.6. The number of amides is 1. The zero-order valence-electron chi connectivity index (χ0n) is 19.5. The third kappa shape index (κ3) is 4.78. The van der Waals surface area contributed by atoms with Gasteiger partial charge in [-0.15, -0.1) is 0 Å². The van der Waals surface area contributed by atoms with Crippen molar-refractivity contribution < 1.29 is 31.1 Å². The van der Waals surface area contributed by atoms with Gasteiger partial charge in [-0.25, -0.2) is 9.13 Å². The van der Waals surface area contributed by atoms with Gasteiger partial charge in [-0.2, -0.15) is 0 Å². The molecule has 2 aromatic carbocycles. The second-order valence-corrected chi connectivity index (χ2v) is 8.71. The molecule has 2 N–H and O–H groups in total. The third-order valence-electron chi connectivity index (χ3n) is 7.13. The van der Waals surface area contributed by atoms with Crippen molar-refractivity contribution in [3.8, 4) is 0 Å². The van der Waals surface area contributed by atoms with Crippen molar-refractivity contribution in [2.45, 2.75) is 51.1 Å². The van der Waals surface area contributed by atoms with Crippen LogP contribution in [-0.2, 0) is 21.5 Å². The summed E-state index contributed by atoms with van der Waals surface area (Å²) in [5.74, 6) is 1.09. The summed E-state index contributed by atoms with van der Waals surface area (Å²) >= 11 is 0. The van der Waals surface area contributed by atoms with Crippen molar-refractivity contribution in [1.29, 1.82) is 0 Å². The fraction of sp³-hybridized carbons (Fsp3) is 0.407. The van der Waals surface area contributed by atoms with Crippen LogP contribution >= 0.6 is 0 Å². The van der Waals surface area contributed by atoms with E-state index in [0.717, 1.165) is 43.5 Å². The van der Waals surface area contributed by atoms with Crippen molar-refractivity contribution in [2.75, 3.05) is 13.2 Å². The summed E-state index contributed by atoms with van der Waals surface area (Å²) in [6.07, 6.45) is 7.20. The minimum atomic E-state index is -0.830. The molecule has 1 heterocycles. The van der Waals surface area contributed by atoms with Gasteiger partial charge in [0, 0.05) is 13.5 Å². The summed E-state index contributed by atoms with van der Waals surface area (Å²) in [5.41, 5.74) is 7.38. The first-order valence-corrected chi connectivity index (χ1v) is 11.6. The molecular formula is C27H34BrN3O2. The average molecular weight is 512 g/mol. The maximum Gasteiger partial charge on any atom is 0.253 e. The third-order valence-corrected chi connectivity index (χ3v) is 7.13. The van der Waals surface area contributed by atoms with Crippen LogP contribution in [0.15, 0.2) is 73.1 Å². The van der Waals surface area contributed by atoms with Crippen LogP contribution in [0.5, 0.6) is 0 Å². The number of hydrogen-bond donors (Lipinski definition) is 1. The Hall–Kier alpha value is -2.44. The fourth-order valence-electron chi connectivity index (χ4n) is 5.58. The van der Waals surface area contributed by atoms with Gasteiger partial charge >= 0.3 is 0 Å². The van der Waals surface area contributed by atoms with E-state index >= 15 is 0 Å². The Balaban J connectivity index is 0.00000306. The molecule has 33 heavy (non-hydrogen) atoms. The Morgan fingerprint density at radius 2 is 1.70 bits per heavy atom. The highest BCUT2D eigenvalue weighted by Gasteiger charge is 2.51. The van der Waals surface area contributed by atoms with Crippen molar-refractivity contribution in [2.24, 2.45) is 11.7 Å².